The molecule has 1 saturated heterocycles. The highest BCUT2D eigenvalue weighted by Gasteiger charge is 2.40. The van der Waals surface area contributed by atoms with Crippen molar-refractivity contribution < 1.29 is 13.2 Å². The average molecular weight is 316 g/mol. The fourth-order valence-electron chi connectivity index (χ4n) is 2.50. The van der Waals surface area contributed by atoms with Gasteiger partial charge in [-0.05, 0) is 31.3 Å². The summed E-state index contributed by atoms with van der Waals surface area (Å²) in [4.78, 5) is 0.530. The van der Waals surface area contributed by atoms with Gasteiger partial charge in [-0.15, -0.1) is 0 Å². The molecule has 1 atom stereocenters. The van der Waals surface area contributed by atoms with Crippen molar-refractivity contribution in [3.8, 4) is 0 Å². The molecule has 1 aliphatic rings. The van der Waals surface area contributed by atoms with E-state index in [4.69, 9.17) is 0 Å². The van der Waals surface area contributed by atoms with Crippen LogP contribution in [0.3, 0.4) is 0 Å². The second-order valence-corrected chi connectivity index (χ2v) is 6.12. The van der Waals surface area contributed by atoms with Crippen LogP contribution in [-0.2, 0) is 0 Å². The Morgan fingerprint density at radius 1 is 1.18 bits per heavy atom. The largest absolute Gasteiger partial charge is 0.402 e. The van der Waals surface area contributed by atoms with Crippen LogP contribution in [0.25, 0.3) is 0 Å². The molecule has 1 rings (SSSR count). The number of piperidine rings is 1. The number of alkyl halides is 4. The molecular weight excluding hydrogens is 295 g/mol. The van der Waals surface area contributed by atoms with E-state index < -0.39 is 11.0 Å². The van der Waals surface area contributed by atoms with E-state index in [9.17, 15) is 13.2 Å². The molecule has 0 amide bonds. The Hall–Kier alpha value is 0.230. The fourth-order valence-corrected chi connectivity index (χ4v) is 2.91. The summed E-state index contributed by atoms with van der Waals surface area (Å²) in [5.74, 6) is 0. The summed E-state index contributed by atoms with van der Waals surface area (Å²) in [6.45, 7) is 6.02. The van der Waals surface area contributed by atoms with Gasteiger partial charge in [0.05, 0.1) is 0 Å². The lowest BCUT2D eigenvalue weighted by Crippen LogP contribution is -2.44. The maximum Gasteiger partial charge on any atom is 0.402 e. The van der Waals surface area contributed by atoms with Crippen molar-refractivity contribution in [3.63, 3.8) is 0 Å². The number of hydrogen-bond acceptors (Lipinski definition) is 1. The van der Waals surface area contributed by atoms with E-state index in [1.807, 2.05) is 4.90 Å². The molecule has 0 aromatic heterocycles. The molecule has 0 bridgehead atoms. The maximum atomic E-state index is 12.4. The Bertz CT molecular complexity index is 228. The molecule has 1 nitrogen and oxygen atoms in total. The highest BCUT2D eigenvalue weighted by molar-refractivity contribution is 9.09. The predicted molar refractivity (Wildman–Crippen MR) is 67.5 cm³/mol. The van der Waals surface area contributed by atoms with Gasteiger partial charge in [0.1, 0.15) is 4.83 Å². The van der Waals surface area contributed by atoms with Crippen LogP contribution in [0.15, 0.2) is 0 Å². The van der Waals surface area contributed by atoms with Crippen LogP contribution in [0.4, 0.5) is 13.2 Å². The molecule has 0 N–H and O–H groups in total. The lowest BCUT2D eigenvalue weighted by Gasteiger charge is -2.41. The Morgan fingerprint density at radius 2 is 1.65 bits per heavy atom. The molecule has 1 unspecified atom stereocenters. The first-order valence-corrected chi connectivity index (χ1v) is 7.17. The summed E-state index contributed by atoms with van der Waals surface area (Å²) in [5.41, 5.74) is 0.372. The molecule has 102 valence electrons. The van der Waals surface area contributed by atoms with Gasteiger partial charge in [-0.1, -0.05) is 42.6 Å². The molecule has 1 heterocycles. The number of hydrogen-bond donors (Lipinski definition) is 0. The number of nitrogens with zero attached hydrogens (tertiary/aromatic N) is 1. The zero-order chi connectivity index (χ0) is 13.1. The van der Waals surface area contributed by atoms with Gasteiger partial charge in [-0.25, -0.2) is 0 Å². The summed E-state index contributed by atoms with van der Waals surface area (Å²) in [7, 11) is 0. The van der Waals surface area contributed by atoms with Gasteiger partial charge in [-0.3, -0.25) is 0 Å². The van der Waals surface area contributed by atoms with Gasteiger partial charge < -0.3 is 4.90 Å². The molecular formula is C12H21BrF3N. The molecule has 5 heteroatoms. The number of halogens is 4. The van der Waals surface area contributed by atoms with Crippen molar-refractivity contribution >= 4 is 15.9 Å². The number of likely N-dealkylation sites (tertiary alicyclic amines) is 1. The van der Waals surface area contributed by atoms with Gasteiger partial charge >= 0.3 is 6.18 Å². The van der Waals surface area contributed by atoms with E-state index in [-0.39, 0.29) is 6.54 Å². The van der Waals surface area contributed by atoms with Crippen molar-refractivity contribution in [1.29, 1.82) is 0 Å². The number of rotatable bonds is 4. The van der Waals surface area contributed by atoms with Crippen LogP contribution in [0, 0.1) is 5.41 Å². The van der Waals surface area contributed by atoms with E-state index in [2.05, 4.69) is 29.8 Å². The van der Waals surface area contributed by atoms with Crippen LogP contribution in [0.1, 0.15) is 39.5 Å². The van der Waals surface area contributed by atoms with Crippen molar-refractivity contribution in [2.24, 2.45) is 5.41 Å². The second kappa shape index (κ2) is 5.91. The lowest BCUT2D eigenvalue weighted by molar-refractivity contribution is -0.131. The van der Waals surface area contributed by atoms with Gasteiger partial charge in [-0.2, -0.15) is 13.2 Å². The second-order valence-electron chi connectivity index (χ2n) is 5.02. The third-order valence-corrected chi connectivity index (χ3v) is 5.00. The third-order valence-electron chi connectivity index (χ3n) is 4.19. The third kappa shape index (κ3) is 4.12. The van der Waals surface area contributed by atoms with Crippen molar-refractivity contribution in [3.05, 3.63) is 0 Å². The van der Waals surface area contributed by atoms with Crippen molar-refractivity contribution in [2.75, 3.05) is 19.6 Å². The molecule has 1 fully saturated rings. The fraction of sp³-hybridized carbons (Fsp3) is 1.00. The molecule has 0 aromatic rings. The average Bonchev–Trinajstić information content (AvgIpc) is 2.29. The Balaban J connectivity index is 2.42. The van der Waals surface area contributed by atoms with E-state index in [1.54, 1.807) is 0 Å². The first kappa shape index (κ1) is 15.3. The minimum absolute atomic E-state index is 0.0764. The summed E-state index contributed by atoms with van der Waals surface area (Å²) >= 11 is 2.73. The first-order valence-electron chi connectivity index (χ1n) is 6.26. The minimum Gasteiger partial charge on any atom is -0.302 e. The molecule has 0 aromatic carbocycles. The summed E-state index contributed by atoms with van der Waals surface area (Å²) < 4.78 is 37.2. The van der Waals surface area contributed by atoms with Gasteiger partial charge in [0, 0.05) is 6.54 Å². The minimum atomic E-state index is -4.13. The Kier molecular flexibility index (Phi) is 5.32. The highest BCUT2D eigenvalue weighted by atomic mass is 79.9. The zero-order valence-electron chi connectivity index (χ0n) is 10.5. The van der Waals surface area contributed by atoms with Gasteiger partial charge in [0.2, 0.25) is 0 Å². The Morgan fingerprint density at radius 3 is 2.00 bits per heavy atom. The SMILES string of the molecule is CCC1(CC)CCN(CC(Br)C(F)(F)F)CC1. The topological polar surface area (TPSA) is 3.24 Å². The first-order chi connectivity index (χ1) is 7.83. The predicted octanol–water partition coefficient (Wildman–Crippen LogP) is 4.21. The monoisotopic (exact) mass is 315 g/mol. The van der Waals surface area contributed by atoms with E-state index in [1.165, 1.54) is 0 Å². The van der Waals surface area contributed by atoms with Crippen LogP contribution in [-0.4, -0.2) is 35.5 Å². The standard InChI is InChI=1S/C12H21BrF3N/c1-3-11(4-2)5-7-17(8-6-11)9-10(13)12(14,15)16/h10H,3-9H2,1-2H3. The lowest BCUT2D eigenvalue weighted by atomic mass is 9.74. The maximum absolute atomic E-state index is 12.4. The molecule has 0 aliphatic carbocycles. The molecule has 17 heavy (non-hydrogen) atoms. The molecule has 1 aliphatic heterocycles. The quantitative estimate of drug-likeness (QED) is 0.702. The van der Waals surface area contributed by atoms with Crippen LogP contribution in [0.5, 0.6) is 0 Å². The summed E-state index contributed by atoms with van der Waals surface area (Å²) in [6.07, 6.45) is 0.182. The highest BCUT2D eigenvalue weighted by Crippen LogP contribution is 2.38. The Labute approximate surface area is 110 Å². The van der Waals surface area contributed by atoms with Crippen LogP contribution in [0.2, 0.25) is 0 Å². The van der Waals surface area contributed by atoms with E-state index >= 15 is 0 Å². The smallest absolute Gasteiger partial charge is 0.302 e. The van der Waals surface area contributed by atoms with Crippen LogP contribution >= 0.6 is 15.9 Å². The van der Waals surface area contributed by atoms with E-state index in [0.29, 0.717) is 5.41 Å². The summed E-state index contributed by atoms with van der Waals surface area (Å²) in [6, 6.07) is 0. The van der Waals surface area contributed by atoms with Crippen molar-refractivity contribution in [1.82, 2.24) is 4.90 Å². The summed E-state index contributed by atoms with van der Waals surface area (Å²) in [5, 5.41) is 0. The molecule has 0 spiro atoms. The zero-order valence-corrected chi connectivity index (χ0v) is 12.1. The van der Waals surface area contributed by atoms with E-state index in [0.717, 1.165) is 38.8 Å². The van der Waals surface area contributed by atoms with Crippen LogP contribution < -0.4 is 0 Å². The van der Waals surface area contributed by atoms with Crippen molar-refractivity contribution in [2.45, 2.75) is 50.5 Å². The molecule has 0 radical (unpaired) electrons. The van der Waals surface area contributed by atoms with Gasteiger partial charge in [0.25, 0.3) is 0 Å². The molecule has 0 saturated carbocycles. The normalized spacial score (nSPS) is 23.6. The van der Waals surface area contributed by atoms with Gasteiger partial charge in [0.15, 0.2) is 0 Å².